The van der Waals surface area contributed by atoms with Crippen LogP contribution in [0.25, 0.3) is 5.69 Å². The first-order valence-corrected chi connectivity index (χ1v) is 8.46. The lowest BCUT2D eigenvalue weighted by Crippen LogP contribution is -2.39. The lowest BCUT2D eigenvalue weighted by molar-refractivity contribution is -0.117. The molecule has 2 heterocycles. The second-order valence-corrected chi connectivity index (χ2v) is 6.59. The van der Waals surface area contributed by atoms with Gasteiger partial charge in [-0.2, -0.15) is 5.10 Å². The Kier molecular flexibility index (Phi) is 3.87. The summed E-state index contributed by atoms with van der Waals surface area (Å²) in [6, 6.07) is 10.2. The molecule has 1 saturated heterocycles. The highest BCUT2D eigenvalue weighted by Crippen LogP contribution is 2.33. The molecule has 1 aromatic carbocycles. The summed E-state index contributed by atoms with van der Waals surface area (Å²) < 4.78 is 1.80. The number of rotatable bonds is 3. The molecule has 5 heteroatoms. The van der Waals surface area contributed by atoms with E-state index in [2.05, 4.69) is 15.7 Å². The van der Waals surface area contributed by atoms with Crippen LogP contribution < -0.4 is 10.6 Å². The quantitative estimate of drug-likeness (QED) is 0.916. The zero-order valence-corrected chi connectivity index (χ0v) is 13.1. The third kappa shape index (κ3) is 3.01. The fraction of sp³-hybridized carbons (Fsp3) is 0.444. The molecule has 3 unspecified atom stereocenters. The van der Waals surface area contributed by atoms with Crippen molar-refractivity contribution in [3.8, 4) is 5.69 Å². The summed E-state index contributed by atoms with van der Waals surface area (Å²) in [5, 5.41) is 10.8. The predicted octanol–water partition coefficient (Wildman–Crippen LogP) is 2.73. The topological polar surface area (TPSA) is 59.0 Å². The van der Waals surface area contributed by atoms with Crippen LogP contribution in [0, 0.1) is 5.92 Å². The van der Waals surface area contributed by atoms with Gasteiger partial charge < -0.3 is 10.6 Å². The van der Waals surface area contributed by atoms with Crippen LogP contribution in [0.4, 0.5) is 5.69 Å². The molecule has 1 aromatic heterocycles. The standard InChI is InChI=1S/C18H22N4O/c23-18(17-12-13-4-1-2-5-16(13)21-17)20-14-6-8-15(9-7-14)22-11-3-10-19-22/h3,6-11,13,16-17,21H,1-2,4-5,12H2,(H,20,23). The molecular formula is C18H22N4O. The largest absolute Gasteiger partial charge is 0.325 e. The van der Waals surface area contributed by atoms with Crippen LogP contribution in [-0.2, 0) is 4.79 Å². The number of aromatic nitrogens is 2. The van der Waals surface area contributed by atoms with Crippen molar-refractivity contribution >= 4 is 11.6 Å². The Labute approximate surface area is 136 Å². The normalized spacial score (nSPS) is 26.7. The monoisotopic (exact) mass is 310 g/mol. The highest BCUT2D eigenvalue weighted by molar-refractivity contribution is 5.95. The van der Waals surface area contributed by atoms with Gasteiger partial charge in [-0.25, -0.2) is 4.68 Å². The Morgan fingerprint density at radius 1 is 1.22 bits per heavy atom. The fourth-order valence-corrected chi connectivity index (χ4v) is 3.87. The van der Waals surface area contributed by atoms with Crippen molar-refractivity contribution in [2.24, 2.45) is 5.92 Å². The molecule has 1 aliphatic carbocycles. The van der Waals surface area contributed by atoms with Crippen molar-refractivity contribution in [1.82, 2.24) is 15.1 Å². The highest BCUT2D eigenvalue weighted by atomic mass is 16.2. The minimum Gasteiger partial charge on any atom is -0.325 e. The number of anilines is 1. The van der Waals surface area contributed by atoms with Crippen LogP contribution in [0.2, 0.25) is 0 Å². The average molecular weight is 310 g/mol. The minimum atomic E-state index is -0.0473. The Morgan fingerprint density at radius 3 is 2.78 bits per heavy atom. The fourth-order valence-electron chi connectivity index (χ4n) is 3.87. The summed E-state index contributed by atoms with van der Waals surface area (Å²) in [7, 11) is 0. The summed E-state index contributed by atoms with van der Waals surface area (Å²) in [6.07, 6.45) is 9.71. The summed E-state index contributed by atoms with van der Waals surface area (Å²) >= 11 is 0. The molecular weight excluding hydrogens is 288 g/mol. The first kappa shape index (κ1) is 14.5. The van der Waals surface area contributed by atoms with Gasteiger partial charge in [0.15, 0.2) is 0 Å². The van der Waals surface area contributed by atoms with E-state index in [1.54, 1.807) is 10.9 Å². The molecule has 120 valence electrons. The van der Waals surface area contributed by atoms with Gasteiger partial charge in [0.25, 0.3) is 0 Å². The Hall–Kier alpha value is -2.14. The molecule has 3 atom stereocenters. The van der Waals surface area contributed by atoms with Crippen LogP contribution in [-0.4, -0.2) is 27.8 Å². The molecule has 2 N–H and O–H groups in total. The van der Waals surface area contributed by atoms with Crippen LogP contribution in [0.1, 0.15) is 32.1 Å². The Morgan fingerprint density at radius 2 is 2.04 bits per heavy atom. The van der Waals surface area contributed by atoms with Crippen LogP contribution >= 0.6 is 0 Å². The third-order valence-corrected chi connectivity index (χ3v) is 5.08. The van der Waals surface area contributed by atoms with Crippen molar-refractivity contribution in [3.05, 3.63) is 42.7 Å². The zero-order valence-electron chi connectivity index (χ0n) is 13.1. The number of hydrogen-bond acceptors (Lipinski definition) is 3. The third-order valence-electron chi connectivity index (χ3n) is 5.08. The SMILES string of the molecule is O=C(Nc1ccc(-n2cccn2)cc1)C1CC2CCCCC2N1. The van der Waals surface area contributed by atoms with Gasteiger partial charge in [0.1, 0.15) is 0 Å². The number of carbonyl (C=O) groups excluding carboxylic acids is 1. The van der Waals surface area contributed by atoms with E-state index in [1.807, 2.05) is 36.5 Å². The maximum Gasteiger partial charge on any atom is 0.241 e. The second kappa shape index (κ2) is 6.16. The summed E-state index contributed by atoms with van der Waals surface area (Å²) in [4.78, 5) is 12.5. The maximum atomic E-state index is 12.5. The van der Waals surface area contributed by atoms with Crippen molar-refractivity contribution in [2.75, 3.05) is 5.32 Å². The van der Waals surface area contributed by atoms with Crippen LogP contribution in [0.5, 0.6) is 0 Å². The van der Waals surface area contributed by atoms with E-state index in [1.165, 1.54) is 25.7 Å². The van der Waals surface area contributed by atoms with E-state index in [0.29, 0.717) is 12.0 Å². The maximum absolute atomic E-state index is 12.5. The molecule has 5 nitrogen and oxygen atoms in total. The zero-order chi connectivity index (χ0) is 15.6. The van der Waals surface area contributed by atoms with E-state index in [0.717, 1.165) is 17.8 Å². The number of nitrogens with one attached hydrogen (secondary N) is 2. The second-order valence-electron chi connectivity index (χ2n) is 6.59. The van der Waals surface area contributed by atoms with Gasteiger partial charge in [0.05, 0.1) is 11.7 Å². The van der Waals surface area contributed by atoms with Gasteiger partial charge in [-0.15, -0.1) is 0 Å². The molecule has 1 amide bonds. The molecule has 2 fully saturated rings. The molecule has 0 bridgehead atoms. The van der Waals surface area contributed by atoms with Crippen LogP contribution in [0.15, 0.2) is 42.7 Å². The number of nitrogens with zero attached hydrogens (tertiary/aromatic N) is 2. The molecule has 2 aromatic rings. The molecule has 0 radical (unpaired) electrons. The lowest BCUT2D eigenvalue weighted by Gasteiger charge is -2.24. The number of amides is 1. The van der Waals surface area contributed by atoms with Gasteiger partial charge >= 0.3 is 0 Å². The summed E-state index contributed by atoms with van der Waals surface area (Å²) in [6.45, 7) is 0. The minimum absolute atomic E-state index is 0.0473. The molecule has 2 aliphatic rings. The molecule has 4 rings (SSSR count). The predicted molar refractivity (Wildman–Crippen MR) is 89.5 cm³/mol. The average Bonchev–Trinajstić information content (AvgIpc) is 3.25. The van der Waals surface area contributed by atoms with Crippen molar-refractivity contribution in [1.29, 1.82) is 0 Å². The Bertz CT molecular complexity index is 651. The van der Waals surface area contributed by atoms with Crippen molar-refractivity contribution in [2.45, 2.75) is 44.2 Å². The van der Waals surface area contributed by atoms with E-state index in [9.17, 15) is 4.79 Å². The summed E-state index contributed by atoms with van der Waals surface area (Å²) in [5.41, 5.74) is 1.82. The van der Waals surface area contributed by atoms with Crippen molar-refractivity contribution < 1.29 is 4.79 Å². The molecule has 1 saturated carbocycles. The van der Waals surface area contributed by atoms with Crippen LogP contribution in [0.3, 0.4) is 0 Å². The summed E-state index contributed by atoms with van der Waals surface area (Å²) in [5.74, 6) is 0.771. The van der Waals surface area contributed by atoms with E-state index >= 15 is 0 Å². The smallest absolute Gasteiger partial charge is 0.241 e. The van der Waals surface area contributed by atoms with E-state index < -0.39 is 0 Å². The first-order valence-electron chi connectivity index (χ1n) is 8.46. The highest BCUT2D eigenvalue weighted by Gasteiger charge is 2.38. The molecule has 0 spiro atoms. The lowest BCUT2D eigenvalue weighted by atomic mass is 9.85. The van der Waals surface area contributed by atoms with Gasteiger partial charge in [-0.1, -0.05) is 12.8 Å². The van der Waals surface area contributed by atoms with Gasteiger partial charge in [0.2, 0.25) is 5.91 Å². The number of fused-ring (bicyclic) bond motifs is 1. The Balaban J connectivity index is 1.39. The van der Waals surface area contributed by atoms with Gasteiger partial charge in [-0.3, -0.25) is 4.79 Å². The van der Waals surface area contributed by atoms with E-state index in [4.69, 9.17) is 0 Å². The van der Waals surface area contributed by atoms with Gasteiger partial charge in [0, 0.05) is 24.1 Å². The molecule has 1 aliphatic heterocycles. The van der Waals surface area contributed by atoms with Gasteiger partial charge in [-0.05, 0) is 55.5 Å². The number of hydrogen-bond donors (Lipinski definition) is 2. The number of carbonyl (C=O) groups is 1. The first-order chi connectivity index (χ1) is 11.3. The van der Waals surface area contributed by atoms with E-state index in [-0.39, 0.29) is 11.9 Å². The molecule has 23 heavy (non-hydrogen) atoms. The number of benzene rings is 1. The van der Waals surface area contributed by atoms with Crippen molar-refractivity contribution in [3.63, 3.8) is 0 Å².